The third kappa shape index (κ3) is 1.59. The molecule has 1 heteroatoms. The Bertz CT molecular complexity index is 201. The average molecular weight is 150 g/mol. The molecule has 0 heterocycles. The van der Waals surface area contributed by atoms with Crippen molar-refractivity contribution >= 4 is 6.29 Å². The van der Waals surface area contributed by atoms with Crippen molar-refractivity contribution in [1.82, 2.24) is 0 Å². The number of hydrogen-bond donors (Lipinski definition) is 0. The maximum Gasteiger partial charge on any atom is 0.145 e. The molecule has 0 amide bonds. The fraction of sp³-hybridized carbons (Fsp3) is 0.500. The van der Waals surface area contributed by atoms with Gasteiger partial charge in [-0.2, -0.15) is 0 Å². The third-order valence-electron chi connectivity index (χ3n) is 2.35. The van der Waals surface area contributed by atoms with Crippen molar-refractivity contribution in [2.75, 3.05) is 0 Å². The number of carbonyl (C=O) groups is 1. The SMILES string of the molecule is C=CC(C)C1=C(C=O)CCC1. The molecule has 0 aromatic carbocycles. The van der Waals surface area contributed by atoms with Gasteiger partial charge >= 0.3 is 0 Å². The Balaban J connectivity index is 2.81. The first kappa shape index (κ1) is 8.25. The van der Waals surface area contributed by atoms with Gasteiger partial charge in [0, 0.05) is 0 Å². The fourth-order valence-electron chi connectivity index (χ4n) is 1.59. The van der Waals surface area contributed by atoms with Crippen molar-refractivity contribution in [3.05, 3.63) is 23.8 Å². The van der Waals surface area contributed by atoms with Gasteiger partial charge in [0.1, 0.15) is 6.29 Å². The van der Waals surface area contributed by atoms with Gasteiger partial charge in [-0.05, 0) is 30.8 Å². The summed E-state index contributed by atoms with van der Waals surface area (Å²) in [6.45, 7) is 5.82. The zero-order valence-electron chi connectivity index (χ0n) is 6.97. The van der Waals surface area contributed by atoms with Crippen LogP contribution in [0.1, 0.15) is 26.2 Å². The maximum absolute atomic E-state index is 10.5. The summed E-state index contributed by atoms with van der Waals surface area (Å²) in [5, 5.41) is 0. The first-order valence-electron chi connectivity index (χ1n) is 4.09. The van der Waals surface area contributed by atoms with E-state index in [0.717, 1.165) is 31.1 Å². The van der Waals surface area contributed by atoms with E-state index < -0.39 is 0 Å². The summed E-state index contributed by atoms with van der Waals surface area (Å²) in [5.41, 5.74) is 2.31. The van der Waals surface area contributed by atoms with Gasteiger partial charge in [-0.25, -0.2) is 0 Å². The van der Waals surface area contributed by atoms with E-state index in [1.54, 1.807) is 0 Å². The second-order valence-electron chi connectivity index (χ2n) is 3.05. The first-order valence-corrected chi connectivity index (χ1v) is 4.09. The molecule has 0 aromatic rings. The number of allylic oxidation sites excluding steroid dienone is 3. The molecule has 0 bridgehead atoms. The van der Waals surface area contributed by atoms with E-state index in [4.69, 9.17) is 0 Å². The highest BCUT2D eigenvalue weighted by Gasteiger charge is 2.16. The van der Waals surface area contributed by atoms with E-state index in [0.29, 0.717) is 5.92 Å². The van der Waals surface area contributed by atoms with Crippen molar-refractivity contribution in [3.8, 4) is 0 Å². The van der Waals surface area contributed by atoms with Crippen LogP contribution in [0.3, 0.4) is 0 Å². The molecule has 0 fully saturated rings. The molecular formula is C10H14O. The van der Waals surface area contributed by atoms with Crippen LogP contribution >= 0.6 is 0 Å². The van der Waals surface area contributed by atoms with E-state index in [-0.39, 0.29) is 0 Å². The minimum absolute atomic E-state index is 0.387. The lowest BCUT2D eigenvalue weighted by Gasteiger charge is -2.07. The van der Waals surface area contributed by atoms with Gasteiger partial charge in [-0.3, -0.25) is 4.79 Å². The zero-order chi connectivity index (χ0) is 8.27. The molecule has 60 valence electrons. The van der Waals surface area contributed by atoms with Crippen molar-refractivity contribution < 1.29 is 4.79 Å². The topological polar surface area (TPSA) is 17.1 Å². The lowest BCUT2D eigenvalue weighted by Crippen LogP contribution is -1.95. The summed E-state index contributed by atoms with van der Waals surface area (Å²) in [7, 11) is 0. The summed E-state index contributed by atoms with van der Waals surface area (Å²) in [4.78, 5) is 10.5. The van der Waals surface area contributed by atoms with E-state index in [9.17, 15) is 4.79 Å². The quantitative estimate of drug-likeness (QED) is 0.446. The van der Waals surface area contributed by atoms with Crippen LogP contribution in [-0.2, 0) is 4.79 Å². The molecule has 0 N–H and O–H groups in total. The predicted octanol–water partition coefficient (Wildman–Crippen LogP) is 2.49. The minimum atomic E-state index is 0.387. The molecule has 11 heavy (non-hydrogen) atoms. The van der Waals surface area contributed by atoms with Crippen LogP contribution in [0.4, 0.5) is 0 Å². The van der Waals surface area contributed by atoms with E-state index in [2.05, 4.69) is 13.5 Å². The highest BCUT2D eigenvalue weighted by atomic mass is 16.1. The molecule has 0 aromatic heterocycles. The molecule has 0 saturated heterocycles. The van der Waals surface area contributed by atoms with Crippen LogP contribution in [0.25, 0.3) is 0 Å². The smallest absolute Gasteiger partial charge is 0.145 e. The Hall–Kier alpha value is -0.850. The monoisotopic (exact) mass is 150 g/mol. The Morgan fingerprint density at radius 1 is 1.55 bits per heavy atom. The Morgan fingerprint density at radius 3 is 2.82 bits per heavy atom. The molecule has 1 atom stereocenters. The Labute approximate surface area is 67.8 Å². The fourth-order valence-corrected chi connectivity index (χ4v) is 1.59. The van der Waals surface area contributed by atoms with Crippen LogP contribution in [0.15, 0.2) is 23.8 Å². The highest BCUT2D eigenvalue weighted by molar-refractivity contribution is 5.75. The van der Waals surface area contributed by atoms with Crippen LogP contribution < -0.4 is 0 Å². The van der Waals surface area contributed by atoms with Gasteiger partial charge in [-0.15, -0.1) is 6.58 Å². The lowest BCUT2D eigenvalue weighted by atomic mass is 9.98. The number of hydrogen-bond acceptors (Lipinski definition) is 1. The summed E-state index contributed by atoms with van der Waals surface area (Å²) in [6.07, 6.45) is 6.10. The molecule has 1 aliphatic rings. The van der Waals surface area contributed by atoms with Crippen LogP contribution in [0.2, 0.25) is 0 Å². The summed E-state index contributed by atoms with van der Waals surface area (Å²) >= 11 is 0. The Morgan fingerprint density at radius 2 is 2.27 bits per heavy atom. The number of rotatable bonds is 3. The molecular weight excluding hydrogens is 136 g/mol. The largest absolute Gasteiger partial charge is 0.298 e. The molecule has 1 nitrogen and oxygen atoms in total. The van der Waals surface area contributed by atoms with Gasteiger partial charge in [-0.1, -0.05) is 18.6 Å². The molecule has 1 unspecified atom stereocenters. The minimum Gasteiger partial charge on any atom is -0.298 e. The predicted molar refractivity (Wildman–Crippen MR) is 46.3 cm³/mol. The average Bonchev–Trinajstić information content (AvgIpc) is 2.50. The first-order chi connectivity index (χ1) is 5.29. The zero-order valence-corrected chi connectivity index (χ0v) is 6.97. The number of aldehydes is 1. The van der Waals surface area contributed by atoms with Crippen molar-refractivity contribution in [3.63, 3.8) is 0 Å². The van der Waals surface area contributed by atoms with E-state index in [1.807, 2.05) is 6.08 Å². The van der Waals surface area contributed by atoms with Gasteiger partial charge in [0.2, 0.25) is 0 Å². The van der Waals surface area contributed by atoms with Crippen LogP contribution in [0, 0.1) is 5.92 Å². The summed E-state index contributed by atoms with van der Waals surface area (Å²) in [6, 6.07) is 0. The van der Waals surface area contributed by atoms with Gasteiger partial charge in [0.25, 0.3) is 0 Å². The van der Waals surface area contributed by atoms with Crippen molar-refractivity contribution in [2.24, 2.45) is 5.92 Å². The molecule has 0 aliphatic heterocycles. The number of carbonyl (C=O) groups excluding carboxylic acids is 1. The van der Waals surface area contributed by atoms with Gasteiger partial charge in [0.05, 0.1) is 0 Å². The molecule has 0 radical (unpaired) electrons. The second kappa shape index (κ2) is 3.51. The van der Waals surface area contributed by atoms with Gasteiger partial charge in [0.15, 0.2) is 0 Å². The lowest BCUT2D eigenvalue weighted by molar-refractivity contribution is -0.105. The summed E-state index contributed by atoms with van der Waals surface area (Å²) in [5.74, 6) is 0.387. The van der Waals surface area contributed by atoms with Crippen molar-refractivity contribution in [1.29, 1.82) is 0 Å². The third-order valence-corrected chi connectivity index (χ3v) is 2.35. The van der Waals surface area contributed by atoms with Crippen molar-refractivity contribution in [2.45, 2.75) is 26.2 Å². The maximum atomic E-state index is 10.5. The molecule has 1 aliphatic carbocycles. The van der Waals surface area contributed by atoms with Crippen LogP contribution in [-0.4, -0.2) is 6.29 Å². The molecule has 0 saturated carbocycles. The molecule has 0 spiro atoms. The van der Waals surface area contributed by atoms with E-state index in [1.165, 1.54) is 5.57 Å². The normalized spacial score (nSPS) is 20.1. The van der Waals surface area contributed by atoms with E-state index >= 15 is 0 Å². The second-order valence-corrected chi connectivity index (χ2v) is 3.05. The highest BCUT2D eigenvalue weighted by Crippen LogP contribution is 2.30. The summed E-state index contributed by atoms with van der Waals surface area (Å²) < 4.78 is 0. The Kier molecular flexibility index (Phi) is 2.64. The standard InChI is InChI=1S/C10H14O/c1-3-8(2)10-6-4-5-9(10)7-11/h3,7-8H,1,4-6H2,2H3. The van der Waals surface area contributed by atoms with Gasteiger partial charge < -0.3 is 0 Å². The molecule has 1 rings (SSSR count). The van der Waals surface area contributed by atoms with Crippen LogP contribution in [0.5, 0.6) is 0 Å².